The normalized spacial score (nSPS) is 14.3. The molecule has 0 spiro atoms. The summed E-state index contributed by atoms with van der Waals surface area (Å²) in [6.45, 7) is 5.26. The molecule has 0 atom stereocenters. The van der Waals surface area contributed by atoms with Crippen LogP contribution >= 0.6 is 11.6 Å². The highest BCUT2D eigenvalue weighted by atomic mass is 35.5. The molecule has 1 amide bonds. The first-order chi connectivity index (χ1) is 17.0. The van der Waals surface area contributed by atoms with Crippen molar-refractivity contribution in [2.45, 2.75) is 39.4 Å². The van der Waals surface area contributed by atoms with Crippen LogP contribution in [-0.2, 0) is 29.2 Å². The van der Waals surface area contributed by atoms with Crippen LogP contribution in [0.1, 0.15) is 47.2 Å². The first-order valence-electron chi connectivity index (χ1n) is 12.1. The fourth-order valence-electron chi connectivity index (χ4n) is 4.39. The van der Waals surface area contributed by atoms with Crippen molar-refractivity contribution in [1.82, 2.24) is 9.80 Å². The lowest BCUT2D eigenvalue weighted by Crippen LogP contribution is -2.40. The van der Waals surface area contributed by atoms with E-state index >= 15 is 0 Å². The Hall–Kier alpha value is -3.09. The van der Waals surface area contributed by atoms with Gasteiger partial charge in [0.05, 0.1) is 19.1 Å². The molecule has 1 fully saturated rings. The number of piperidine rings is 1. The third-order valence-corrected chi connectivity index (χ3v) is 6.47. The maximum Gasteiger partial charge on any atom is 0.309 e. The monoisotopic (exact) mass is 494 g/mol. The van der Waals surface area contributed by atoms with Crippen molar-refractivity contribution in [3.63, 3.8) is 0 Å². The molecule has 0 saturated carbocycles. The van der Waals surface area contributed by atoms with Gasteiger partial charge >= 0.3 is 5.97 Å². The van der Waals surface area contributed by atoms with Crippen LogP contribution in [0.15, 0.2) is 71.1 Å². The van der Waals surface area contributed by atoms with Gasteiger partial charge in [0, 0.05) is 31.2 Å². The van der Waals surface area contributed by atoms with Gasteiger partial charge in [0.2, 0.25) is 0 Å². The fourth-order valence-corrected chi connectivity index (χ4v) is 4.52. The number of carbonyl (C=O) groups is 2. The van der Waals surface area contributed by atoms with Crippen LogP contribution in [0.25, 0.3) is 0 Å². The summed E-state index contributed by atoms with van der Waals surface area (Å²) in [5, 5.41) is 0.712. The summed E-state index contributed by atoms with van der Waals surface area (Å²) < 4.78 is 11.1. The van der Waals surface area contributed by atoms with Crippen LogP contribution in [0.5, 0.6) is 0 Å². The molecule has 7 heteroatoms. The quantitative estimate of drug-likeness (QED) is 0.365. The number of benzene rings is 2. The lowest BCUT2D eigenvalue weighted by Gasteiger charge is -2.30. The number of nitrogens with zero attached hydrogens (tertiary/aromatic N) is 2. The number of halogens is 1. The molecule has 0 unspecified atom stereocenters. The number of furan rings is 1. The molecule has 1 aliphatic heterocycles. The van der Waals surface area contributed by atoms with E-state index in [4.69, 9.17) is 20.8 Å². The molecule has 6 nitrogen and oxygen atoms in total. The molecule has 2 aromatic carbocycles. The molecule has 2 heterocycles. The Morgan fingerprint density at radius 1 is 0.943 bits per heavy atom. The lowest BCUT2D eigenvalue weighted by molar-refractivity contribution is -0.149. The topological polar surface area (TPSA) is 63.0 Å². The van der Waals surface area contributed by atoms with Crippen LogP contribution < -0.4 is 0 Å². The van der Waals surface area contributed by atoms with Gasteiger partial charge in [-0.3, -0.25) is 14.5 Å². The van der Waals surface area contributed by atoms with Crippen molar-refractivity contribution in [2.24, 2.45) is 5.92 Å². The van der Waals surface area contributed by atoms with Gasteiger partial charge in [-0.15, -0.1) is 0 Å². The summed E-state index contributed by atoms with van der Waals surface area (Å²) in [4.78, 5) is 29.0. The Morgan fingerprint density at radius 3 is 2.26 bits per heavy atom. The van der Waals surface area contributed by atoms with Crippen LogP contribution in [0.4, 0.5) is 0 Å². The molecule has 0 bridgehead atoms. The predicted molar refractivity (Wildman–Crippen MR) is 135 cm³/mol. The van der Waals surface area contributed by atoms with Crippen LogP contribution in [0.3, 0.4) is 0 Å². The van der Waals surface area contributed by atoms with Gasteiger partial charge in [-0.05, 0) is 55.2 Å². The first-order valence-corrected chi connectivity index (χ1v) is 12.4. The van der Waals surface area contributed by atoms with E-state index in [2.05, 4.69) is 17.0 Å². The molecule has 35 heavy (non-hydrogen) atoms. The Labute approximate surface area is 211 Å². The van der Waals surface area contributed by atoms with E-state index in [0.29, 0.717) is 49.9 Å². The number of hydrogen-bond donors (Lipinski definition) is 0. The van der Waals surface area contributed by atoms with Crippen molar-refractivity contribution in [3.8, 4) is 0 Å². The number of amides is 1. The minimum atomic E-state index is -0.168. The zero-order chi connectivity index (χ0) is 24.6. The standard InChI is InChI=1S/C28H31ClN2O4/c1-2-34-28(33)23-14-16-31(17-15-23)27(32)26-13-12-25(35-26)20-30(18-21-6-4-3-5-7-21)19-22-8-10-24(29)11-9-22/h3-13,23H,2,14-20H2,1H3. The van der Waals surface area contributed by atoms with Crippen molar-refractivity contribution in [3.05, 3.63) is 94.4 Å². The number of ether oxygens (including phenoxy) is 1. The molecule has 0 N–H and O–H groups in total. The van der Waals surface area contributed by atoms with Gasteiger partial charge < -0.3 is 14.1 Å². The highest BCUT2D eigenvalue weighted by molar-refractivity contribution is 6.30. The van der Waals surface area contributed by atoms with Crippen molar-refractivity contribution < 1.29 is 18.7 Å². The summed E-state index contributed by atoms with van der Waals surface area (Å²) in [6.07, 6.45) is 1.23. The molecule has 1 aromatic heterocycles. The zero-order valence-corrected chi connectivity index (χ0v) is 20.7. The average molecular weight is 495 g/mol. The third-order valence-electron chi connectivity index (χ3n) is 6.22. The van der Waals surface area contributed by atoms with Crippen molar-refractivity contribution in [2.75, 3.05) is 19.7 Å². The van der Waals surface area contributed by atoms with Crippen molar-refractivity contribution in [1.29, 1.82) is 0 Å². The summed E-state index contributed by atoms with van der Waals surface area (Å²) in [7, 11) is 0. The van der Waals surface area contributed by atoms with Crippen LogP contribution in [-0.4, -0.2) is 41.4 Å². The number of rotatable bonds is 9. The molecule has 4 rings (SSSR count). The molecule has 0 radical (unpaired) electrons. The van der Waals surface area contributed by atoms with Gasteiger partial charge in [-0.25, -0.2) is 0 Å². The van der Waals surface area contributed by atoms with E-state index in [0.717, 1.165) is 24.4 Å². The lowest BCUT2D eigenvalue weighted by atomic mass is 9.97. The van der Waals surface area contributed by atoms with E-state index in [1.54, 1.807) is 11.0 Å². The summed E-state index contributed by atoms with van der Waals surface area (Å²) >= 11 is 6.05. The first kappa shape index (κ1) is 25.0. The second kappa shape index (κ2) is 12.0. The largest absolute Gasteiger partial charge is 0.466 e. The average Bonchev–Trinajstić information content (AvgIpc) is 3.34. The SMILES string of the molecule is CCOC(=O)C1CCN(C(=O)c2ccc(CN(Cc3ccccc3)Cc3ccc(Cl)cc3)o2)CC1. The minimum Gasteiger partial charge on any atom is -0.466 e. The maximum atomic E-state index is 13.0. The highest BCUT2D eigenvalue weighted by Crippen LogP contribution is 2.22. The predicted octanol–water partition coefficient (Wildman–Crippen LogP) is 5.55. The minimum absolute atomic E-state index is 0.133. The summed E-state index contributed by atoms with van der Waals surface area (Å²) in [5.74, 6) is 0.635. The Bertz CT molecular complexity index is 1110. The Kier molecular flexibility index (Phi) is 8.61. The molecular formula is C28H31ClN2O4. The molecular weight excluding hydrogens is 464 g/mol. The summed E-state index contributed by atoms with van der Waals surface area (Å²) in [6, 6.07) is 21.7. The summed E-state index contributed by atoms with van der Waals surface area (Å²) in [5.41, 5.74) is 2.35. The number of esters is 1. The molecule has 1 saturated heterocycles. The van der Waals surface area contributed by atoms with E-state index in [-0.39, 0.29) is 17.8 Å². The van der Waals surface area contributed by atoms with Gasteiger partial charge in [0.25, 0.3) is 5.91 Å². The van der Waals surface area contributed by atoms with E-state index in [9.17, 15) is 9.59 Å². The third kappa shape index (κ3) is 6.96. The molecule has 1 aliphatic rings. The van der Waals surface area contributed by atoms with Gasteiger partial charge in [0.1, 0.15) is 5.76 Å². The van der Waals surface area contributed by atoms with Crippen LogP contribution in [0, 0.1) is 5.92 Å². The number of likely N-dealkylation sites (tertiary alicyclic amines) is 1. The Balaban J connectivity index is 1.40. The fraction of sp³-hybridized carbons (Fsp3) is 0.357. The van der Waals surface area contributed by atoms with Crippen LogP contribution in [0.2, 0.25) is 5.02 Å². The van der Waals surface area contributed by atoms with Gasteiger partial charge in [0.15, 0.2) is 5.76 Å². The van der Waals surface area contributed by atoms with E-state index in [1.807, 2.05) is 55.5 Å². The second-order valence-corrected chi connectivity index (χ2v) is 9.28. The maximum absolute atomic E-state index is 13.0. The second-order valence-electron chi connectivity index (χ2n) is 8.84. The molecule has 184 valence electrons. The highest BCUT2D eigenvalue weighted by Gasteiger charge is 2.29. The van der Waals surface area contributed by atoms with Gasteiger partial charge in [-0.2, -0.15) is 0 Å². The Morgan fingerprint density at radius 2 is 1.60 bits per heavy atom. The molecule has 0 aliphatic carbocycles. The van der Waals surface area contributed by atoms with Crippen molar-refractivity contribution >= 4 is 23.5 Å². The smallest absolute Gasteiger partial charge is 0.309 e. The molecule has 3 aromatic rings. The zero-order valence-electron chi connectivity index (χ0n) is 20.0. The van der Waals surface area contributed by atoms with Gasteiger partial charge in [-0.1, -0.05) is 54.1 Å². The van der Waals surface area contributed by atoms with E-state index < -0.39 is 0 Å². The van der Waals surface area contributed by atoms with E-state index in [1.165, 1.54) is 5.56 Å². The number of hydrogen-bond acceptors (Lipinski definition) is 5. The number of carbonyl (C=O) groups excluding carboxylic acids is 2.